The van der Waals surface area contributed by atoms with Crippen molar-refractivity contribution in [1.82, 2.24) is 0 Å². The maximum absolute atomic E-state index is 12.8. The zero-order valence-corrected chi connectivity index (χ0v) is 16.9. The van der Waals surface area contributed by atoms with Crippen LogP contribution < -0.4 is 9.62 Å². The van der Waals surface area contributed by atoms with E-state index >= 15 is 0 Å². The van der Waals surface area contributed by atoms with Crippen LogP contribution in [0.1, 0.15) is 47.8 Å². The number of aryl methyl sites for hydroxylation is 2. The Morgan fingerprint density at radius 2 is 1.74 bits per heavy atom. The van der Waals surface area contributed by atoms with Crippen molar-refractivity contribution < 1.29 is 13.2 Å². The molecule has 0 aromatic heterocycles. The van der Waals surface area contributed by atoms with Gasteiger partial charge in [0.1, 0.15) is 0 Å². The monoisotopic (exact) mass is 386 g/mol. The molecule has 3 rings (SSSR count). The van der Waals surface area contributed by atoms with E-state index in [1.165, 1.54) is 4.31 Å². The number of nitrogens with one attached hydrogen (secondary N) is 1. The molecule has 144 valence electrons. The zero-order chi connectivity index (χ0) is 19.6. The molecule has 0 spiro atoms. The molecule has 0 radical (unpaired) electrons. The average Bonchev–Trinajstić information content (AvgIpc) is 3.12. The van der Waals surface area contributed by atoms with Gasteiger partial charge in [0.05, 0.1) is 11.4 Å². The smallest absolute Gasteiger partial charge is 0.255 e. The number of hydrogen-bond acceptors (Lipinski definition) is 3. The van der Waals surface area contributed by atoms with Gasteiger partial charge in [0.2, 0.25) is 10.0 Å². The van der Waals surface area contributed by atoms with Crippen LogP contribution in [0.4, 0.5) is 11.4 Å². The van der Waals surface area contributed by atoms with Gasteiger partial charge in [0, 0.05) is 17.8 Å². The Balaban J connectivity index is 1.89. The van der Waals surface area contributed by atoms with Crippen LogP contribution in [0.5, 0.6) is 0 Å². The maximum Gasteiger partial charge on any atom is 0.255 e. The number of fused-ring (bicyclic) bond motifs is 1. The van der Waals surface area contributed by atoms with Crippen LogP contribution in [0.15, 0.2) is 36.4 Å². The Morgan fingerprint density at radius 1 is 1.07 bits per heavy atom. The molecule has 1 amide bonds. The summed E-state index contributed by atoms with van der Waals surface area (Å²) >= 11 is 0. The molecule has 0 saturated carbocycles. The Kier molecular flexibility index (Phi) is 5.56. The van der Waals surface area contributed by atoms with E-state index in [1.54, 1.807) is 19.1 Å². The summed E-state index contributed by atoms with van der Waals surface area (Å²) in [5, 5.41) is 3.07. The molecular formula is C21H26N2O3S. The first-order chi connectivity index (χ1) is 12.9. The van der Waals surface area contributed by atoms with E-state index in [0.29, 0.717) is 24.2 Å². The van der Waals surface area contributed by atoms with Crippen molar-refractivity contribution >= 4 is 27.3 Å². The fraction of sp³-hybridized carbons (Fsp3) is 0.381. The molecule has 6 heteroatoms. The summed E-state index contributed by atoms with van der Waals surface area (Å²) < 4.78 is 25.9. The molecule has 1 N–H and O–H groups in total. The number of benzene rings is 2. The topological polar surface area (TPSA) is 66.5 Å². The van der Waals surface area contributed by atoms with Gasteiger partial charge in [-0.05, 0) is 61.1 Å². The first-order valence-corrected chi connectivity index (χ1v) is 11.1. The van der Waals surface area contributed by atoms with E-state index in [-0.39, 0.29) is 11.7 Å². The molecule has 5 nitrogen and oxygen atoms in total. The number of carbonyl (C=O) groups excluding carboxylic acids is 1. The number of para-hydroxylation sites is 1. The van der Waals surface area contributed by atoms with Crippen molar-refractivity contribution in [2.45, 2.75) is 40.0 Å². The first-order valence-electron chi connectivity index (χ1n) is 9.46. The molecule has 0 fully saturated rings. The summed E-state index contributed by atoms with van der Waals surface area (Å²) in [5.74, 6) is -0.0902. The summed E-state index contributed by atoms with van der Waals surface area (Å²) in [6, 6.07) is 11.4. The molecule has 2 aromatic rings. The van der Waals surface area contributed by atoms with Crippen LogP contribution in [-0.4, -0.2) is 26.6 Å². The molecular weight excluding hydrogens is 360 g/mol. The Labute approximate surface area is 161 Å². The minimum absolute atomic E-state index is 0.0717. The molecule has 0 bridgehead atoms. The summed E-state index contributed by atoms with van der Waals surface area (Å²) in [4.78, 5) is 12.8. The Morgan fingerprint density at radius 3 is 2.33 bits per heavy atom. The van der Waals surface area contributed by atoms with Gasteiger partial charge in [-0.1, -0.05) is 32.0 Å². The summed E-state index contributed by atoms with van der Waals surface area (Å²) in [5.41, 5.74) is 5.27. The van der Waals surface area contributed by atoms with Crippen molar-refractivity contribution in [2.24, 2.45) is 0 Å². The van der Waals surface area contributed by atoms with E-state index < -0.39 is 10.0 Å². The fourth-order valence-electron chi connectivity index (χ4n) is 3.55. The molecule has 0 saturated heterocycles. The van der Waals surface area contributed by atoms with Crippen molar-refractivity contribution in [2.75, 3.05) is 21.9 Å². The van der Waals surface area contributed by atoms with Gasteiger partial charge in [-0.25, -0.2) is 8.42 Å². The molecule has 0 unspecified atom stereocenters. The van der Waals surface area contributed by atoms with Crippen molar-refractivity contribution in [1.29, 1.82) is 0 Å². The van der Waals surface area contributed by atoms with Crippen molar-refractivity contribution in [3.63, 3.8) is 0 Å². The SMILES string of the molecule is CCc1cccc(CC)c1NC(=O)c1ccc2c(c1)CCN2S(=O)(=O)CC. The number of rotatable bonds is 6. The van der Waals surface area contributed by atoms with Crippen LogP contribution in [0, 0.1) is 0 Å². The minimum atomic E-state index is -3.28. The Bertz CT molecular complexity index is 945. The zero-order valence-electron chi connectivity index (χ0n) is 16.1. The number of amides is 1. The highest BCUT2D eigenvalue weighted by atomic mass is 32.2. The highest BCUT2D eigenvalue weighted by Gasteiger charge is 2.28. The maximum atomic E-state index is 12.8. The van der Waals surface area contributed by atoms with Gasteiger partial charge in [-0.15, -0.1) is 0 Å². The molecule has 1 aliphatic heterocycles. The van der Waals surface area contributed by atoms with E-state index in [0.717, 1.165) is 35.2 Å². The number of anilines is 2. The molecule has 1 heterocycles. The minimum Gasteiger partial charge on any atom is -0.321 e. The average molecular weight is 387 g/mol. The van der Waals surface area contributed by atoms with Crippen molar-refractivity contribution in [3.8, 4) is 0 Å². The second-order valence-corrected chi connectivity index (χ2v) is 8.86. The van der Waals surface area contributed by atoms with E-state index in [2.05, 4.69) is 19.2 Å². The lowest BCUT2D eigenvalue weighted by molar-refractivity contribution is 0.102. The molecule has 2 aromatic carbocycles. The van der Waals surface area contributed by atoms with Gasteiger partial charge in [-0.2, -0.15) is 0 Å². The van der Waals surface area contributed by atoms with Crippen molar-refractivity contribution in [3.05, 3.63) is 58.7 Å². The second-order valence-electron chi connectivity index (χ2n) is 6.68. The highest BCUT2D eigenvalue weighted by molar-refractivity contribution is 7.92. The number of hydrogen-bond donors (Lipinski definition) is 1. The number of sulfonamides is 1. The quantitative estimate of drug-likeness (QED) is 0.822. The lowest BCUT2D eigenvalue weighted by Crippen LogP contribution is -2.30. The van der Waals surface area contributed by atoms with Gasteiger partial charge in [0.15, 0.2) is 0 Å². The molecule has 0 atom stereocenters. The number of nitrogens with zero attached hydrogens (tertiary/aromatic N) is 1. The molecule has 1 aliphatic rings. The van der Waals surface area contributed by atoms with E-state index in [1.807, 2.05) is 24.3 Å². The lowest BCUT2D eigenvalue weighted by atomic mass is 10.0. The fourth-order valence-corrected chi connectivity index (χ4v) is 4.71. The third kappa shape index (κ3) is 3.72. The van der Waals surface area contributed by atoms with E-state index in [9.17, 15) is 13.2 Å². The third-order valence-electron chi connectivity index (χ3n) is 5.13. The van der Waals surface area contributed by atoms with Gasteiger partial charge in [0.25, 0.3) is 5.91 Å². The van der Waals surface area contributed by atoms with Crippen LogP contribution in [-0.2, 0) is 29.3 Å². The standard InChI is InChI=1S/C21H26N2O3S/c1-4-15-8-7-9-16(5-2)20(15)22-21(24)18-10-11-19-17(14-18)12-13-23(19)27(25,26)6-3/h7-11,14H,4-6,12-13H2,1-3H3,(H,22,24). The highest BCUT2D eigenvalue weighted by Crippen LogP contribution is 2.32. The Hall–Kier alpha value is -2.34. The van der Waals surface area contributed by atoms with E-state index in [4.69, 9.17) is 0 Å². The molecule has 27 heavy (non-hydrogen) atoms. The van der Waals surface area contributed by atoms with Crippen LogP contribution in [0.2, 0.25) is 0 Å². The van der Waals surface area contributed by atoms with Gasteiger partial charge in [-0.3, -0.25) is 9.10 Å². The van der Waals surface area contributed by atoms with Gasteiger partial charge >= 0.3 is 0 Å². The van der Waals surface area contributed by atoms with Crippen LogP contribution in [0.3, 0.4) is 0 Å². The predicted molar refractivity (Wildman–Crippen MR) is 110 cm³/mol. The second kappa shape index (κ2) is 7.72. The summed E-state index contributed by atoms with van der Waals surface area (Å²) in [6.07, 6.45) is 2.32. The van der Waals surface area contributed by atoms with Crippen LogP contribution in [0.25, 0.3) is 0 Å². The first kappa shape index (κ1) is 19.4. The lowest BCUT2D eigenvalue weighted by Gasteiger charge is -2.18. The van der Waals surface area contributed by atoms with Crippen LogP contribution >= 0.6 is 0 Å². The van der Waals surface area contributed by atoms with Gasteiger partial charge < -0.3 is 5.32 Å². The molecule has 0 aliphatic carbocycles. The largest absolute Gasteiger partial charge is 0.321 e. The predicted octanol–water partition coefficient (Wildman–Crippen LogP) is 3.78. The summed E-state index contributed by atoms with van der Waals surface area (Å²) in [7, 11) is -3.28. The normalized spacial score (nSPS) is 13.5. The third-order valence-corrected chi connectivity index (χ3v) is 6.91. The summed E-state index contributed by atoms with van der Waals surface area (Å²) in [6.45, 7) is 6.23. The number of carbonyl (C=O) groups is 1.